The van der Waals surface area contributed by atoms with Crippen LogP contribution in [0.1, 0.15) is 15.9 Å². The minimum atomic E-state index is -0.518. The lowest BCUT2D eigenvalue weighted by Gasteiger charge is -2.07. The predicted octanol–water partition coefficient (Wildman–Crippen LogP) is 2.91. The summed E-state index contributed by atoms with van der Waals surface area (Å²) in [6.07, 6.45) is 2.94. The standard InChI is InChI=1S/C16H12ClN3O2/c1-10-5-6-14-18-8-13(16(22)20(14)9-10)15(21)19-12-4-2-3-11(17)7-12/h2-9H,1H3,(H,19,21). The maximum atomic E-state index is 12.4. The average molecular weight is 314 g/mol. The molecule has 0 saturated heterocycles. The van der Waals surface area contributed by atoms with Gasteiger partial charge in [0.05, 0.1) is 0 Å². The van der Waals surface area contributed by atoms with E-state index >= 15 is 0 Å². The minimum absolute atomic E-state index is 0.0249. The van der Waals surface area contributed by atoms with Crippen molar-refractivity contribution in [3.05, 3.63) is 75.3 Å². The van der Waals surface area contributed by atoms with Gasteiger partial charge >= 0.3 is 0 Å². The highest BCUT2D eigenvalue weighted by molar-refractivity contribution is 6.30. The van der Waals surface area contributed by atoms with Crippen molar-refractivity contribution in [3.63, 3.8) is 0 Å². The van der Waals surface area contributed by atoms with Gasteiger partial charge in [-0.3, -0.25) is 14.0 Å². The van der Waals surface area contributed by atoms with Crippen molar-refractivity contribution in [1.82, 2.24) is 9.38 Å². The number of pyridine rings is 1. The third-order valence-electron chi connectivity index (χ3n) is 3.18. The van der Waals surface area contributed by atoms with Gasteiger partial charge in [0, 0.05) is 23.1 Å². The van der Waals surface area contributed by atoms with Crippen molar-refractivity contribution in [2.24, 2.45) is 0 Å². The monoisotopic (exact) mass is 313 g/mol. The number of aryl methyl sites for hydroxylation is 1. The van der Waals surface area contributed by atoms with E-state index in [-0.39, 0.29) is 5.56 Å². The van der Waals surface area contributed by atoms with E-state index in [9.17, 15) is 9.59 Å². The number of hydrogen-bond acceptors (Lipinski definition) is 3. The summed E-state index contributed by atoms with van der Waals surface area (Å²) in [5.74, 6) is -0.518. The number of rotatable bonds is 2. The van der Waals surface area contributed by atoms with Crippen LogP contribution < -0.4 is 10.9 Å². The van der Waals surface area contributed by atoms with Crippen LogP contribution in [0.2, 0.25) is 5.02 Å². The Morgan fingerprint density at radius 3 is 2.86 bits per heavy atom. The summed E-state index contributed by atoms with van der Waals surface area (Å²) in [6, 6.07) is 10.3. The molecule has 110 valence electrons. The highest BCUT2D eigenvalue weighted by Crippen LogP contribution is 2.15. The largest absolute Gasteiger partial charge is 0.322 e. The molecule has 1 N–H and O–H groups in total. The van der Waals surface area contributed by atoms with E-state index in [1.54, 1.807) is 36.5 Å². The van der Waals surface area contributed by atoms with Crippen molar-refractivity contribution >= 4 is 28.8 Å². The maximum absolute atomic E-state index is 12.4. The lowest BCUT2D eigenvalue weighted by molar-refractivity contribution is 0.102. The van der Waals surface area contributed by atoms with Crippen molar-refractivity contribution in [1.29, 1.82) is 0 Å². The number of carbonyl (C=O) groups is 1. The van der Waals surface area contributed by atoms with Gasteiger partial charge in [0.2, 0.25) is 0 Å². The number of benzene rings is 1. The van der Waals surface area contributed by atoms with Gasteiger partial charge in [-0.2, -0.15) is 0 Å². The molecule has 0 unspecified atom stereocenters. The van der Waals surface area contributed by atoms with Crippen LogP contribution in [-0.4, -0.2) is 15.3 Å². The van der Waals surface area contributed by atoms with Crippen LogP contribution in [0.15, 0.2) is 53.6 Å². The van der Waals surface area contributed by atoms with Gasteiger partial charge in [-0.15, -0.1) is 0 Å². The van der Waals surface area contributed by atoms with Gasteiger partial charge in [-0.25, -0.2) is 4.98 Å². The van der Waals surface area contributed by atoms with Crippen molar-refractivity contribution in [3.8, 4) is 0 Å². The number of carbonyl (C=O) groups excluding carboxylic acids is 1. The summed E-state index contributed by atoms with van der Waals surface area (Å²) in [4.78, 5) is 28.8. The third-order valence-corrected chi connectivity index (χ3v) is 3.41. The van der Waals surface area contributed by atoms with Crippen LogP contribution in [0.25, 0.3) is 5.65 Å². The highest BCUT2D eigenvalue weighted by Gasteiger charge is 2.13. The number of amides is 1. The molecule has 0 spiro atoms. The Morgan fingerprint density at radius 2 is 2.09 bits per heavy atom. The van der Waals surface area contributed by atoms with Crippen LogP contribution in [0, 0.1) is 6.92 Å². The summed E-state index contributed by atoms with van der Waals surface area (Å²) in [6.45, 7) is 1.87. The number of nitrogens with zero attached hydrogens (tertiary/aromatic N) is 2. The zero-order valence-electron chi connectivity index (χ0n) is 11.7. The fourth-order valence-corrected chi connectivity index (χ4v) is 2.29. The van der Waals surface area contributed by atoms with Gasteiger partial charge in [0.25, 0.3) is 11.5 Å². The van der Waals surface area contributed by atoms with Gasteiger partial charge in [0.15, 0.2) is 0 Å². The summed E-state index contributed by atoms with van der Waals surface area (Å²) in [7, 11) is 0. The van der Waals surface area contributed by atoms with Crippen LogP contribution in [0.5, 0.6) is 0 Å². The molecule has 0 aliphatic carbocycles. The maximum Gasteiger partial charge on any atom is 0.270 e. The first-order chi connectivity index (χ1) is 10.5. The number of hydrogen-bond donors (Lipinski definition) is 1. The van der Waals surface area contributed by atoms with E-state index in [0.717, 1.165) is 5.56 Å². The van der Waals surface area contributed by atoms with Crippen molar-refractivity contribution in [2.75, 3.05) is 5.32 Å². The fourth-order valence-electron chi connectivity index (χ4n) is 2.10. The Morgan fingerprint density at radius 1 is 1.27 bits per heavy atom. The molecule has 0 fully saturated rings. The van der Waals surface area contributed by atoms with E-state index in [0.29, 0.717) is 16.4 Å². The second-order valence-corrected chi connectivity index (χ2v) is 5.31. The summed E-state index contributed by atoms with van der Waals surface area (Å²) in [5, 5.41) is 3.14. The van der Waals surface area contributed by atoms with Crippen molar-refractivity contribution in [2.45, 2.75) is 6.92 Å². The molecule has 3 aromatic rings. The van der Waals surface area contributed by atoms with E-state index in [1.807, 2.05) is 13.0 Å². The van der Waals surface area contributed by atoms with E-state index in [4.69, 9.17) is 11.6 Å². The van der Waals surface area contributed by atoms with Crippen molar-refractivity contribution < 1.29 is 4.79 Å². The van der Waals surface area contributed by atoms with E-state index < -0.39 is 11.5 Å². The Hall–Kier alpha value is -2.66. The normalized spacial score (nSPS) is 10.6. The molecule has 0 saturated carbocycles. The topological polar surface area (TPSA) is 63.5 Å². The van der Waals surface area contributed by atoms with Gasteiger partial charge in [-0.05, 0) is 36.8 Å². The highest BCUT2D eigenvalue weighted by atomic mass is 35.5. The van der Waals surface area contributed by atoms with Crippen LogP contribution in [0.3, 0.4) is 0 Å². The smallest absolute Gasteiger partial charge is 0.270 e. The fraction of sp³-hybridized carbons (Fsp3) is 0.0625. The van der Waals surface area contributed by atoms with Gasteiger partial charge < -0.3 is 5.32 Å². The van der Waals surface area contributed by atoms with Crippen LogP contribution in [-0.2, 0) is 0 Å². The Bertz CT molecular complexity index is 934. The molecule has 5 nitrogen and oxygen atoms in total. The Balaban J connectivity index is 2.01. The number of halogens is 1. The Labute approximate surface area is 131 Å². The zero-order valence-corrected chi connectivity index (χ0v) is 12.5. The SMILES string of the molecule is Cc1ccc2ncc(C(=O)Nc3cccc(Cl)c3)c(=O)n2c1. The molecule has 0 bridgehead atoms. The molecule has 2 heterocycles. The molecule has 22 heavy (non-hydrogen) atoms. The molecule has 0 aliphatic heterocycles. The lowest BCUT2D eigenvalue weighted by atomic mass is 10.2. The van der Waals surface area contributed by atoms with E-state index in [2.05, 4.69) is 10.3 Å². The number of fused-ring (bicyclic) bond motifs is 1. The molecule has 0 aliphatic rings. The number of aromatic nitrogens is 2. The first kappa shape index (κ1) is 14.3. The Kier molecular flexibility index (Phi) is 3.65. The molecule has 3 rings (SSSR count). The molecule has 1 aromatic carbocycles. The minimum Gasteiger partial charge on any atom is -0.322 e. The second kappa shape index (κ2) is 5.61. The third kappa shape index (κ3) is 2.71. The first-order valence-corrected chi connectivity index (χ1v) is 6.97. The zero-order chi connectivity index (χ0) is 15.7. The van der Waals surface area contributed by atoms with Gasteiger partial charge in [-0.1, -0.05) is 23.7 Å². The summed E-state index contributed by atoms with van der Waals surface area (Å²) >= 11 is 5.87. The molecular formula is C16H12ClN3O2. The molecule has 0 atom stereocenters. The molecular weight excluding hydrogens is 302 g/mol. The molecule has 6 heteroatoms. The number of anilines is 1. The van der Waals surface area contributed by atoms with Crippen LogP contribution in [0.4, 0.5) is 5.69 Å². The molecule has 2 aromatic heterocycles. The van der Waals surface area contributed by atoms with Crippen LogP contribution >= 0.6 is 11.6 Å². The van der Waals surface area contributed by atoms with E-state index in [1.165, 1.54) is 10.6 Å². The summed E-state index contributed by atoms with van der Waals surface area (Å²) in [5.41, 5.74) is 1.49. The molecule has 1 amide bonds. The van der Waals surface area contributed by atoms with Gasteiger partial charge in [0.1, 0.15) is 11.2 Å². The lowest BCUT2D eigenvalue weighted by Crippen LogP contribution is -2.26. The molecule has 0 radical (unpaired) electrons. The summed E-state index contributed by atoms with van der Waals surface area (Å²) < 4.78 is 1.36. The first-order valence-electron chi connectivity index (χ1n) is 6.59. The number of nitrogens with one attached hydrogen (secondary N) is 1. The average Bonchev–Trinajstić information content (AvgIpc) is 2.48. The second-order valence-electron chi connectivity index (χ2n) is 4.88. The quantitative estimate of drug-likeness (QED) is 0.791. The predicted molar refractivity (Wildman–Crippen MR) is 85.6 cm³/mol.